The third-order valence-corrected chi connectivity index (χ3v) is 6.10. The van der Waals surface area contributed by atoms with Gasteiger partial charge in [-0.05, 0) is 5.56 Å². The van der Waals surface area contributed by atoms with E-state index in [1.807, 2.05) is 35.3 Å². The molecule has 1 aromatic carbocycles. The van der Waals surface area contributed by atoms with Crippen LogP contribution in [0, 0.1) is 5.82 Å². The van der Waals surface area contributed by atoms with Gasteiger partial charge in [-0.1, -0.05) is 30.3 Å². The number of nitrogens with zero attached hydrogens (tertiary/aromatic N) is 1. The van der Waals surface area contributed by atoms with E-state index in [9.17, 15) is 18.9 Å². The van der Waals surface area contributed by atoms with E-state index in [2.05, 4.69) is 0 Å². The van der Waals surface area contributed by atoms with Gasteiger partial charge in [-0.25, -0.2) is 4.79 Å². The SMILES string of the molecule is O=c1[nH]c(=O)n([C@H]2C[C@@H]3O[P+](O)(OCCc4ccccc4)OC[C@H]3O2)cc1F. The molecule has 1 aromatic heterocycles. The van der Waals surface area contributed by atoms with Gasteiger partial charge in [0.05, 0.1) is 6.20 Å². The summed E-state index contributed by atoms with van der Waals surface area (Å²) in [6.45, 7) is 0.220. The molecular formula is C17H19FN2O7P+. The molecule has 0 bridgehead atoms. The maximum atomic E-state index is 13.5. The van der Waals surface area contributed by atoms with Crippen LogP contribution in [0.2, 0.25) is 0 Å². The number of hydrogen-bond donors (Lipinski definition) is 2. The van der Waals surface area contributed by atoms with E-state index in [4.69, 9.17) is 18.3 Å². The number of ether oxygens (including phenoxy) is 1. The highest BCUT2D eigenvalue weighted by atomic mass is 31.2. The molecule has 9 nitrogen and oxygen atoms in total. The Hall–Kier alpha value is -1.94. The van der Waals surface area contributed by atoms with Crippen molar-refractivity contribution in [3.63, 3.8) is 0 Å². The van der Waals surface area contributed by atoms with Crippen molar-refractivity contribution in [1.29, 1.82) is 0 Å². The van der Waals surface area contributed by atoms with Gasteiger partial charge in [-0.2, -0.15) is 18.3 Å². The Labute approximate surface area is 159 Å². The van der Waals surface area contributed by atoms with Crippen molar-refractivity contribution in [1.82, 2.24) is 9.55 Å². The maximum Gasteiger partial charge on any atom is 0.573 e. The summed E-state index contributed by atoms with van der Waals surface area (Å²) in [5.41, 5.74) is -0.837. The van der Waals surface area contributed by atoms with Crippen molar-refractivity contribution in [2.75, 3.05) is 13.2 Å². The first-order valence-corrected chi connectivity index (χ1v) is 10.2. The van der Waals surface area contributed by atoms with Gasteiger partial charge in [0.2, 0.25) is 5.82 Å². The number of aromatic nitrogens is 2. The summed E-state index contributed by atoms with van der Waals surface area (Å²) in [7, 11) is -3.52. The van der Waals surface area contributed by atoms with Gasteiger partial charge in [-0.3, -0.25) is 14.3 Å². The van der Waals surface area contributed by atoms with E-state index >= 15 is 0 Å². The summed E-state index contributed by atoms with van der Waals surface area (Å²) in [4.78, 5) is 35.5. The second-order valence-electron chi connectivity index (χ2n) is 6.49. The lowest BCUT2D eigenvalue weighted by molar-refractivity contribution is -0.0817. The number of fused-ring (bicyclic) bond motifs is 1. The van der Waals surface area contributed by atoms with Crippen LogP contribution >= 0.6 is 8.17 Å². The number of H-pyrrole nitrogens is 1. The predicted molar refractivity (Wildman–Crippen MR) is 95.9 cm³/mol. The van der Waals surface area contributed by atoms with Crippen molar-refractivity contribution in [3.05, 3.63) is 68.7 Å². The van der Waals surface area contributed by atoms with Crippen LogP contribution in [0.3, 0.4) is 0 Å². The fourth-order valence-corrected chi connectivity index (χ4v) is 4.58. The van der Waals surface area contributed by atoms with Gasteiger partial charge in [0.15, 0.2) is 0 Å². The van der Waals surface area contributed by atoms with Crippen molar-refractivity contribution < 1.29 is 27.6 Å². The van der Waals surface area contributed by atoms with Crippen LogP contribution in [0.25, 0.3) is 0 Å². The Balaban J connectivity index is 1.38. The van der Waals surface area contributed by atoms with Gasteiger partial charge >= 0.3 is 13.9 Å². The molecule has 11 heteroatoms. The second-order valence-corrected chi connectivity index (χ2v) is 8.15. The molecule has 2 N–H and O–H groups in total. The van der Waals surface area contributed by atoms with Crippen LogP contribution in [0.4, 0.5) is 4.39 Å². The lowest BCUT2D eigenvalue weighted by Crippen LogP contribution is -2.35. The van der Waals surface area contributed by atoms with E-state index in [1.165, 1.54) is 0 Å². The van der Waals surface area contributed by atoms with Crippen LogP contribution in [0.15, 0.2) is 46.1 Å². The number of aromatic amines is 1. The highest BCUT2D eigenvalue weighted by Gasteiger charge is 2.57. The zero-order chi connectivity index (χ0) is 19.7. The highest BCUT2D eigenvalue weighted by Crippen LogP contribution is 2.63. The van der Waals surface area contributed by atoms with E-state index in [-0.39, 0.29) is 19.6 Å². The molecule has 0 radical (unpaired) electrons. The average molecular weight is 413 g/mol. The van der Waals surface area contributed by atoms with Crippen molar-refractivity contribution in [2.45, 2.75) is 31.3 Å². The number of hydrogen-bond acceptors (Lipinski definition) is 7. The van der Waals surface area contributed by atoms with Gasteiger partial charge in [-0.15, -0.1) is 4.52 Å². The first-order valence-electron chi connectivity index (χ1n) is 8.73. The first-order chi connectivity index (χ1) is 13.4. The zero-order valence-electron chi connectivity index (χ0n) is 14.7. The molecule has 0 saturated carbocycles. The fraction of sp³-hybridized carbons (Fsp3) is 0.412. The van der Waals surface area contributed by atoms with Gasteiger partial charge in [0.1, 0.15) is 31.6 Å². The standard InChI is InChI=1S/C17H18FN2O7P/c18-12-9-20(17(22)19-16(12)21)15-8-13-14(26-15)10-25-28(23,27-13)24-7-6-11-4-2-1-3-5-11/h1-5,9,13-15,23H,6-8,10H2/p+1/t13-,14+,15+,28?/m0/s1. The Kier molecular flexibility index (Phi) is 5.42. The predicted octanol–water partition coefficient (Wildman–Crippen LogP) is 1.31. The minimum atomic E-state index is -3.52. The number of rotatable bonds is 5. The average Bonchev–Trinajstić information content (AvgIpc) is 3.08. The number of halogens is 1. The Morgan fingerprint density at radius 1 is 1.29 bits per heavy atom. The minimum Gasteiger partial charge on any atom is -0.349 e. The smallest absolute Gasteiger partial charge is 0.349 e. The van der Waals surface area contributed by atoms with Crippen molar-refractivity contribution in [2.24, 2.45) is 0 Å². The molecule has 1 unspecified atom stereocenters. The minimum absolute atomic E-state index is 0.0113. The summed E-state index contributed by atoms with van der Waals surface area (Å²) in [6.07, 6.45) is -0.449. The monoisotopic (exact) mass is 413 g/mol. The molecule has 0 amide bonds. The van der Waals surface area contributed by atoms with Crippen molar-refractivity contribution in [3.8, 4) is 0 Å². The third kappa shape index (κ3) is 4.07. The molecule has 4 atom stereocenters. The maximum absolute atomic E-state index is 13.5. The molecule has 0 spiro atoms. The lowest BCUT2D eigenvalue weighted by Gasteiger charge is -2.26. The molecule has 28 heavy (non-hydrogen) atoms. The molecule has 2 aliphatic heterocycles. The topological polar surface area (TPSA) is 112 Å². The molecule has 2 fully saturated rings. The Morgan fingerprint density at radius 2 is 2.07 bits per heavy atom. The highest BCUT2D eigenvalue weighted by molar-refractivity contribution is 7.55. The summed E-state index contributed by atoms with van der Waals surface area (Å²) >= 11 is 0. The van der Waals surface area contributed by atoms with Gasteiger partial charge in [0.25, 0.3) is 5.56 Å². The Morgan fingerprint density at radius 3 is 2.86 bits per heavy atom. The fourth-order valence-electron chi connectivity index (χ4n) is 3.17. The summed E-state index contributed by atoms with van der Waals surface area (Å²) in [5, 5.41) is 0. The van der Waals surface area contributed by atoms with E-state index < -0.39 is 43.7 Å². The van der Waals surface area contributed by atoms with Crippen LogP contribution in [-0.4, -0.2) is 39.9 Å². The van der Waals surface area contributed by atoms with E-state index in [0.29, 0.717) is 6.42 Å². The zero-order valence-corrected chi connectivity index (χ0v) is 15.6. The van der Waals surface area contributed by atoms with Gasteiger partial charge < -0.3 is 4.74 Å². The normalized spacial score (nSPS) is 29.6. The molecule has 2 aliphatic rings. The van der Waals surface area contributed by atoms with Crippen molar-refractivity contribution >= 4 is 8.17 Å². The van der Waals surface area contributed by atoms with Crippen LogP contribution in [0.5, 0.6) is 0 Å². The molecule has 2 saturated heterocycles. The molecule has 150 valence electrons. The van der Waals surface area contributed by atoms with E-state index in [1.54, 1.807) is 0 Å². The molecule has 0 aliphatic carbocycles. The second kappa shape index (κ2) is 7.82. The van der Waals surface area contributed by atoms with Crippen LogP contribution in [0.1, 0.15) is 18.2 Å². The third-order valence-electron chi connectivity index (χ3n) is 4.57. The number of benzene rings is 1. The van der Waals surface area contributed by atoms with Gasteiger partial charge in [0, 0.05) is 12.8 Å². The quantitative estimate of drug-likeness (QED) is 0.711. The number of nitrogens with one attached hydrogen (secondary N) is 1. The summed E-state index contributed by atoms with van der Waals surface area (Å²) < 4.78 is 36.6. The van der Waals surface area contributed by atoms with E-state index in [0.717, 1.165) is 16.3 Å². The lowest BCUT2D eigenvalue weighted by atomic mass is 10.2. The van der Waals surface area contributed by atoms with Crippen LogP contribution in [-0.2, 0) is 24.7 Å². The molecule has 4 rings (SSSR count). The summed E-state index contributed by atoms with van der Waals surface area (Å²) in [6, 6.07) is 9.63. The Bertz CT molecular complexity index is 953. The largest absolute Gasteiger partial charge is 0.573 e. The van der Waals surface area contributed by atoms with Crippen LogP contribution < -0.4 is 11.2 Å². The first kappa shape index (κ1) is 19.4. The molecular weight excluding hydrogens is 394 g/mol. The summed E-state index contributed by atoms with van der Waals surface area (Å²) in [5.74, 6) is -1.09. The molecule has 3 heterocycles. The molecule has 2 aromatic rings.